The highest BCUT2D eigenvalue weighted by atomic mass is 16.5. The van der Waals surface area contributed by atoms with Crippen molar-refractivity contribution in [3.8, 4) is 0 Å². The Morgan fingerprint density at radius 2 is 2.03 bits per heavy atom. The van der Waals surface area contributed by atoms with E-state index in [1.54, 1.807) is 6.92 Å². The lowest BCUT2D eigenvalue weighted by Crippen LogP contribution is -2.35. The maximum atomic E-state index is 11.9. The molecule has 0 radical (unpaired) electrons. The number of hydrogen-bond donors (Lipinski definition) is 1. The van der Waals surface area contributed by atoms with E-state index < -0.39 is 0 Å². The first kappa shape index (κ1) is 18.7. The zero-order chi connectivity index (χ0) is 20.0. The molecule has 0 unspecified atom stereocenters. The van der Waals surface area contributed by atoms with Gasteiger partial charge in [-0.15, -0.1) is 0 Å². The molecule has 6 heteroatoms. The van der Waals surface area contributed by atoms with Gasteiger partial charge in [-0.3, -0.25) is 9.89 Å². The number of aryl methyl sites for hydroxylation is 2. The number of fused-ring (bicyclic) bond motifs is 2. The highest BCUT2D eigenvalue weighted by molar-refractivity contribution is 5.75. The van der Waals surface area contributed by atoms with Crippen molar-refractivity contribution in [1.82, 2.24) is 15.1 Å². The maximum absolute atomic E-state index is 11.9. The molecule has 0 aliphatic carbocycles. The average molecular weight is 395 g/mol. The molecule has 1 amide bonds. The molecule has 154 valence electrons. The van der Waals surface area contributed by atoms with Gasteiger partial charge >= 0.3 is 0 Å². The van der Waals surface area contributed by atoms with Gasteiger partial charge in [0, 0.05) is 56.6 Å². The Morgan fingerprint density at radius 1 is 1.21 bits per heavy atom. The summed E-state index contributed by atoms with van der Waals surface area (Å²) in [5.74, 6) is 1.76. The first-order chi connectivity index (χ1) is 14.1. The molecule has 1 fully saturated rings. The Kier molecular flexibility index (Phi) is 4.82. The molecule has 1 saturated heterocycles. The quantitative estimate of drug-likeness (QED) is 0.845. The Hall–Kier alpha value is -2.34. The SMILES string of the molecule is CC(=O)N1CCc2[nH]nc(N3CCCc4cc(C5CCOCC5)c(C)cc43)c2C1. The fourth-order valence-corrected chi connectivity index (χ4v) is 5.20. The summed E-state index contributed by atoms with van der Waals surface area (Å²) in [6.07, 6.45) is 5.34. The molecule has 0 bridgehead atoms. The van der Waals surface area contributed by atoms with Crippen LogP contribution in [0.25, 0.3) is 0 Å². The highest BCUT2D eigenvalue weighted by Crippen LogP contribution is 2.40. The lowest BCUT2D eigenvalue weighted by Gasteiger charge is -2.34. The number of rotatable bonds is 2. The van der Waals surface area contributed by atoms with Crippen molar-refractivity contribution in [3.05, 3.63) is 40.1 Å². The van der Waals surface area contributed by atoms with E-state index in [0.29, 0.717) is 12.5 Å². The number of aromatic nitrogens is 2. The van der Waals surface area contributed by atoms with Crippen molar-refractivity contribution in [3.63, 3.8) is 0 Å². The summed E-state index contributed by atoms with van der Waals surface area (Å²) in [5, 5.41) is 7.95. The normalized spacial score (nSPS) is 19.8. The maximum Gasteiger partial charge on any atom is 0.219 e. The Labute approximate surface area is 172 Å². The van der Waals surface area contributed by atoms with Crippen molar-refractivity contribution in [2.45, 2.75) is 58.4 Å². The van der Waals surface area contributed by atoms with Gasteiger partial charge in [-0.2, -0.15) is 5.10 Å². The standard InChI is InChI=1S/C23H30N4O2/c1-15-12-22-18(13-19(15)17-6-10-29-11-7-17)4-3-8-27(22)23-20-14-26(16(2)28)9-5-21(20)24-25-23/h12-13,17H,3-11,14H2,1-2H3,(H,24,25). The number of amides is 1. The van der Waals surface area contributed by atoms with Gasteiger partial charge in [-0.1, -0.05) is 6.07 Å². The van der Waals surface area contributed by atoms with Crippen LogP contribution in [0.15, 0.2) is 12.1 Å². The van der Waals surface area contributed by atoms with Gasteiger partial charge in [0.2, 0.25) is 5.91 Å². The van der Waals surface area contributed by atoms with Crippen molar-refractivity contribution >= 4 is 17.4 Å². The molecule has 0 spiro atoms. The summed E-state index contributed by atoms with van der Waals surface area (Å²) in [4.78, 5) is 16.2. The number of hydrogen-bond acceptors (Lipinski definition) is 4. The second-order valence-corrected chi connectivity index (χ2v) is 8.67. The fraction of sp³-hybridized carbons (Fsp3) is 0.565. The lowest BCUT2D eigenvalue weighted by molar-refractivity contribution is -0.129. The van der Waals surface area contributed by atoms with Crippen LogP contribution in [0, 0.1) is 6.92 Å². The molecule has 1 N–H and O–H groups in total. The van der Waals surface area contributed by atoms with Crippen LogP contribution in [0.1, 0.15) is 60.1 Å². The molecule has 0 atom stereocenters. The molecule has 3 aliphatic heterocycles. The van der Waals surface area contributed by atoms with Crippen LogP contribution in [-0.2, 0) is 28.9 Å². The third kappa shape index (κ3) is 3.33. The molecule has 0 saturated carbocycles. The second kappa shape index (κ2) is 7.48. The largest absolute Gasteiger partial charge is 0.381 e. The number of nitrogens with zero attached hydrogens (tertiary/aromatic N) is 3. The van der Waals surface area contributed by atoms with Crippen LogP contribution in [0.2, 0.25) is 0 Å². The summed E-state index contributed by atoms with van der Waals surface area (Å²) >= 11 is 0. The van der Waals surface area contributed by atoms with Gasteiger partial charge in [-0.25, -0.2) is 0 Å². The van der Waals surface area contributed by atoms with Crippen LogP contribution in [0.5, 0.6) is 0 Å². The number of aromatic amines is 1. The van der Waals surface area contributed by atoms with Crippen LogP contribution in [0.4, 0.5) is 11.5 Å². The van der Waals surface area contributed by atoms with E-state index in [9.17, 15) is 4.79 Å². The van der Waals surface area contributed by atoms with Crippen molar-refractivity contribution in [1.29, 1.82) is 0 Å². The third-order valence-electron chi connectivity index (χ3n) is 6.86. The van der Waals surface area contributed by atoms with Gasteiger partial charge in [0.05, 0.1) is 6.54 Å². The molecule has 1 aromatic heterocycles. The summed E-state index contributed by atoms with van der Waals surface area (Å²) < 4.78 is 5.57. The topological polar surface area (TPSA) is 61.5 Å². The first-order valence-electron chi connectivity index (χ1n) is 10.9. The van der Waals surface area contributed by atoms with Gasteiger partial charge in [-0.05, 0) is 61.3 Å². The second-order valence-electron chi connectivity index (χ2n) is 8.67. The molecule has 4 heterocycles. The number of carbonyl (C=O) groups excluding carboxylic acids is 1. The smallest absolute Gasteiger partial charge is 0.219 e. The minimum atomic E-state index is 0.138. The number of carbonyl (C=O) groups is 1. The first-order valence-corrected chi connectivity index (χ1v) is 10.9. The van der Waals surface area contributed by atoms with Crippen LogP contribution < -0.4 is 4.90 Å². The van der Waals surface area contributed by atoms with Crippen molar-refractivity contribution in [2.75, 3.05) is 31.2 Å². The van der Waals surface area contributed by atoms with E-state index in [1.165, 1.54) is 33.6 Å². The number of H-pyrrole nitrogens is 1. The van der Waals surface area contributed by atoms with Crippen molar-refractivity contribution in [2.24, 2.45) is 0 Å². The van der Waals surface area contributed by atoms with Gasteiger partial charge in [0.25, 0.3) is 0 Å². The van der Waals surface area contributed by atoms with Crippen LogP contribution in [-0.4, -0.2) is 47.3 Å². The Morgan fingerprint density at radius 3 is 2.83 bits per heavy atom. The summed E-state index contributed by atoms with van der Waals surface area (Å²) in [6.45, 7) is 8.05. The predicted molar refractivity (Wildman–Crippen MR) is 113 cm³/mol. The Bertz CT molecular complexity index is 929. The van der Waals surface area contributed by atoms with E-state index in [-0.39, 0.29) is 5.91 Å². The molecule has 1 aromatic carbocycles. The monoisotopic (exact) mass is 394 g/mol. The molecule has 6 nitrogen and oxygen atoms in total. The van der Waals surface area contributed by atoms with E-state index in [0.717, 1.165) is 64.2 Å². The van der Waals surface area contributed by atoms with Crippen molar-refractivity contribution < 1.29 is 9.53 Å². The van der Waals surface area contributed by atoms with Crippen LogP contribution in [0.3, 0.4) is 0 Å². The molecule has 29 heavy (non-hydrogen) atoms. The molecular weight excluding hydrogens is 364 g/mol. The van der Waals surface area contributed by atoms with Gasteiger partial charge < -0.3 is 14.5 Å². The molecule has 2 aromatic rings. The lowest BCUT2D eigenvalue weighted by atomic mass is 9.85. The van der Waals surface area contributed by atoms with Crippen LogP contribution >= 0.6 is 0 Å². The molecular formula is C23H30N4O2. The molecule has 5 rings (SSSR count). The van der Waals surface area contributed by atoms with Gasteiger partial charge in [0.1, 0.15) is 0 Å². The van der Waals surface area contributed by atoms with E-state index in [4.69, 9.17) is 9.84 Å². The zero-order valence-electron chi connectivity index (χ0n) is 17.5. The summed E-state index contributed by atoms with van der Waals surface area (Å²) in [5.41, 5.74) is 7.96. The third-order valence-corrected chi connectivity index (χ3v) is 6.86. The summed E-state index contributed by atoms with van der Waals surface area (Å²) in [6, 6.07) is 4.82. The minimum absolute atomic E-state index is 0.138. The highest BCUT2D eigenvalue weighted by Gasteiger charge is 2.30. The zero-order valence-corrected chi connectivity index (χ0v) is 17.5. The summed E-state index contributed by atoms with van der Waals surface area (Å²) in [7, 11) is 0. The Balaban J connectivity index is 1.50. The number of nitrogens with one attached hydrogen (secondary N) is 1. The number of anilines is 2. The number of benzene rings is 1. The van der Waals surface area contributed by atoms with Gasteiger partial charge in [0.15, 0.2) is 5.82 Å². The average Bonchev–Trinajstić information content (AvgIpc) is 3.16. The van der Waals surface area contributed by atoms with E-state index in [1.807, 2.05) is 4.90 Å². The van der Waals surface area contributed by atoms with E-state index in [2.05, 4.69) is 29.1 Å². The van der Waals surface area contributed by atoms with E-state index >= 15 is 0 Å². The fourth-order valence-electron chi connectivity index (χ4n) is 5.20. The number of ether oxygens (including phenoxy) is 1. The minimum Gasteiger partial charge on any atom is -0.381 e. The predicted octanol–water partition coefficient (Wildman–Crippen LogP) is 3.60. The molecule has 3 aliphatic rings.